The van der Waals surface area contributed by atoms with E-state index in [1.807, 2.05) is 0 Å². The molecule has 14 heteroatoms. The first-order valence-corrected chi connectivity index (χ1v) is 13.9. The lowest BCUT2D eigenvalue weighted by Gasteiger charge is -2.41. The van der Waals surface area contributed by atoms with Gasteiger partial charge in [-0.15, -0.1) is 0 Å². The Bertz CT molecular complexity index is 1620. The van der Waals surface area contributed by atoms with Gasteiger partial charge in [-0.05, 0) is 49.7 Å². The quantitative estimate of drug-likeness (QED) is 0.505. The number of allylic oxidation sites excluding steroid dienone is 1. The van der Waals surface area contributed by atoms with Crippen LogP contribution in [0, 0.1) is 17.9 Å². The summed E-state index contributed by atoms with van der Waals surface area (Å²) in [7, 11) is -8.60. The van der Waals surface area contributed by atoms with Gasteiger partial charge in [0.2, 0.25) is 15.7 Å². The second-order valence-electron chi connectivity index (χ2n) is 7.98. The first-order chi connectivity index (χ1) is 17.1. The van der Waals surface area contributed by atoms with Crippen LogP contribution in [0.3, 0.4) is 0 Å². The van der Waals surface area contributed by atoms with Gasteiger partial charge in [0.15, 0.2) is 9.84 Å². The molecule has 2 aromatic rings. The van der Waals surface area contributed by atoms with E-state index in [1.165, 1.54) is 19.9 Å². The average molecular weight is 553 g/mol. The van der Waals surface area contributed by atoms with Crippen LogP contribution in [-0.4, -0.2) is 39.2 Å². The predicted octanol–water partition coefficient (Wildman–Crippen LogP) is 4.46. The molecular formula is C23H19F3N4O5S2. The molecule has 0 aromatic heterocycles. The number of alkyl halides is 3. The lowest BCUT2D eigenvalue weighted by molar-refractivity contribution is -0.137. The summed E-state index contributed by atoms with van der Waals surface area (Å²) in [6.45, 7) is 10.2. The van der Waals surface area contributed by atoms with Crippen LogP contribution < -0.4 is 4.90 Å². The van der Waals surface area contributed by atoms with Crippen LogP contribution in [0.25, 0.3) is 4.85 Å². The molecule has 0 spiro atoms. The van der Waals surface area contributed by atoms with Crippen LogP contribution in [0.4, 0.5) is 23.7 Å². The average Bonchev–Trinajstić information content (AvgIpc) is 2.82. The van der Waals surface area contributed by atoms with Gasteiger partial charge >= 0.3 is 12.2 Å². The largest absolute Gasteiger partial charge is 0.416 e. The van der Waals surface area contributed by atoms with Gasteiger partial charge in [-0.3, -0.25) is 4.90 Å². The zero-order valence-electron chi connectivity index (χ0n) is 19.6. The molecule has 0 bridgehead atoms. The number of nitrogens with zero attached hydrogens (tertiary/aromatic N) is 4. The Kier molecular flexibility index (Phi) is 7.14. The Morgan fingerprint density at radius 1 is 1.14 bits per heavy atom. The van der Waals surface area contributed by atoms with Crippen LogP contribution in [0.2, 0.25) is 0 Å². The molecule has 194 valence electrons. The standard InChI is InChI=1S/C23H19F3N4O5S2/c1-5-37(34,35)30-21(18-10-9-15(13-27)11-19(18)36(4,32)33)20(28-3)14(2)29(22(30)31)17-8-6-7-16(12-17)23(24,25)26/h6-12,21H,5H2,1-2,4H3/t21-/m1/s1. The summed E-state index contributed by atoms with van der Waals surface area (Å²) < 4.78 is 91.9. The number of hydrogen-bond acceptors (Lipinski definition) is 6. The fourth-order valence-electron chi connectivity index (χ4n) is 3.89. The maximum Gasteiger partial charge on any atom is 0.416 e. The summed E-state index contributed by atoms with van der Waals surface area (Å²) in [5, 5.41) is 9.22. The number of anilines is 1. The van der Waals surface area contributed by atoms with E-state index in [2.05, 4.69) is 4.85 Å². The highest BCUT2D eigenvalue weighted by molar-refractivity contribution is 7.90. The van der Waals surface area contributed by atoms with Crippen LogP contribution in [0.15, 0.2) is 58.8 Å². The zero-order chi connectivity index (χ0) is 27.9. The predicted molar refractivity (Wildman–Crippen MR) is 127 cm³/mol. The minimum Gasteiger partial charge on any atom is -0.277 e. The minimum absolute atomic E-state index is 0.0631. The summed E-state index contributed by atoms with van der Waals surface area (Å²) in [5.41, 5.74) is -2.34. The third-order valence-electron chi connectivity index (χ3n) is 5.63. The van der Waals surface area contributed by atoms with E-state index >= 15 is 0 Å². The van der Waals surface area contributed by atoms with Crippen LogP contribution in [0.1, 0.15) is 36.6 Å². The molecule has 9 nitrogen and oxygen atoms in total. The van der Waals surface area contributed by atoms with Crippen molar-refractivity contribution in [1.82, 2.24) is 4.31 Å². The first kappa shape index (κ1) is 27.7. The SMILES string of the molecule is [C-]#[N+]C1=C(C)N(c2cccc(C(F)(F)F)c2)C(=O)N(S(=O)(=O)CC)[C@@H]1c1ccc(C#N)cc1S(C)(=O)=O. The summed E-state index contributed by atoms with van der Waals surface area (Å²) in [4.78, 5) is 17.3. The van der Waals surface area contributed by atoms with Crippen molar-refractivity contribution in [3.63, 3.8) is 0 Å². The van der Waals surface area contributed by atoms with Gasteiger partial charge in [0.05, 0.1) is 34.4 Å². The van der Waals surface area contributed by atoms with Crippen LogP contribution >= 0.6 is 0 Å². The van der Waals surface area contributed by atoms with E-state index in [-0.39, 0.29) is 22.5 Å². The molecule has 0 unspecified atom stereocenters. The van der Waals surface area contributed by atoms with Crippen LogP contribution in [0.5, 0.6) is 0 Å². The van der Waals surface area contributed by atoms with Gasteiger partial charge in [0.1, 0.15) is 6.04 Å². The smallest absolute Gasteiger partial charge is 0.277 e. The minimum atomic E-state index is -4.76. The van der Waals surface area contributed by atoms with E-state index in [0.717, 1.165) is 36.6 Å². The monoisotopic (exact) mass is 552 g/mol. The van der Waals surface area contributed by atoms with Crippen molar-refractivity contribution >= 4 is 31.6 Å². The molecule has 3 rings (SSSR count). The molecular weight excluding hydrogens is 533 g/mol. The highest BCUT2D eigenvalue weighted by atomic mass is 32.2. The molecule has 37 heavy (non-hydrogen) atoms. The lowest BCUT2D eigenvalue weighted by Crippen LogP contribution is -2.52. The molecule has 0 fully saturated rings. The Morgan fingerprint density at radius 2 is 1.78 bits per heavy atom. The fraction of sp³-hybridized carbons (Fsp3) is 0.261. The molecule has 1 aliphatic heterocycles. The first-order valence-electron chi connectivity index (χ1n) is 10.4. The number of urea groups is 1. The Labute approximate surface area is 211 Å². The van der Waals surface area contributed by atoms with Crippen LogP contribution in [-0.2, 0) is 26.0 Å². The van der Waals surface area contributed by atoms with E-state index in [0.29, 0.717) is 15.3 Å². The molecule has 2 amide bonds. The summed E-state index contributed by atoms with van der Waals surface area (Å²) >= 11 is 0. The van der Waals surface area contributed by atoms with Gasteiger partial charge in [-0.2, -0.15) is 18.4 Å². The molecule has 1 aliphatic rings. The summed E-state index contributed by atoms with van der Waals surface area (Å²) in [6.07, 6.45) is -3.95. The summed E-state index contributed by atoms with van der Waals surface area (Å²) in [6, 6.07) is 5.69. The number of amides is 2. The van der Waals surface area contributed by atoms with Gasteiger partial charge in [-0.1, -0.05) is 12.1 Å². The van der Waals surface area contributed by atoms with E-state index in [4.69, 9.17) is 6.57 Å². The number of nitriles is 1. The van der Waals surface area contributed by atoms with Crippen molar-refractivity contribution in [2.24, 2.45) is 0 Å². The van der Waals surface area contributed by atoms with Gasteiger partial charge in [0.25, 0.3) is 0 Å². The molecule has 0 saturated heterocycles. The van der Waals surface area contributed by atoms with Gasteiger partial charge < -0.3 is 0 Å². The molecule has 1 atom stereocenters. The number of halogens is 3. The Morgan fingerprint density at radius 3 is 2.30 bits per heavy atom. The molecule has 1 heterocycles. The maximum atomic E-state index is 13.7. The van der Waals surface area contributed by atoms with E-state index < -0.39 is 60.0 Å². The maximum absolute atomic E-state index is 13.7. The Balaban J connectivity index is 2.43. The molecule has 0 saturated carbocycles. The highest BCUT2D eigenvalue weighted by Gasteiger charge is 2.47. The second kappa shape index (κ2) is 9.53. The number of carbonyl (C=O) groups is 1. The summed E-state index contributed by atoms with van der Waals surface area (Å²) in [5.74, 6) is -0.638. The van der Waals surface area contributed by atoms with Gasteiger partial charge in [0, 0.05) is 17.6 Å². The number of hydrogen-bond donors (Lipinski definition) is 0. The normalized spacial score (nSPS) is 17.0. The van der Waals surface area contributed by atoms with E-state index in [1.54, 1.807) is 6.07 Å². The number of carbonyl (C=O) groups excluding carboxylic acids is 1. The van der Waals surface area contributed by atoms with Gasteiger partial charge in [-0.25, -0.2) is 30.8 Å². The van der Waals surface area contributed by atoms with Crippen molar-refractivity contribution in [2.45, 2.75) is 31.0 Å². The topological polar surface area (TPSA) is 120 Å². The van der Waals surface area contributed by atoms with Crippen molar-refractivity contribution in [2.75, 3.05) is 16.9 Å². The lowest BCUT2D eigenvalue weighted by atomic mass is 9.98. The fourth-order valence-corrected chi connectivity index (χ4v) is 5.97. The number of rotatable bonds is 5. The van der Waals surface area contributed by atoms with Crippen molar-refractivity contribution in [3.8, 4) is 6.07 Å². The molecule has 2 aromatic carbocycles. The van der Waals surface area contributed by atoms with Crippen molar-refractivity contribution in [1.29, 1.82) is 5.26 Å². The number of benzene rings is 2. The number of sulfone groups is 1. The van der Waals surface area contributed by atoms with Crippen molar-refractivity contribution < 1.29 is 34.8 Å². The number of sulfonamides is 1. The molecule has 0 radical (unpaired) electrons. The van der Waals surface area contributed by atoms with E-state index in [9.17, 15) is 40.1 Å². The third kappa shape index (κ3) is 5.03. The van der Waals surface area contributed by atoms with Crippen molar-refractivity contribution in [3.05, 3.63) is 82.0 Å². The highest BCUT2D eigenvalue weighted by Crippen LogP contribution is 2.44. The molecule has 0 N–H and O–H groups in total. The second-order valence-corrected chi connectivity index (χ2v) is 12.1. The molecule has 0 aliphatic carbocycles. The third-order valence-corrected chi connectivity index (χ3v) is 8.48. The zero-order valence-corrected chi connectivity index (χ0v) is 21.2. The Hall–Kier alpha value is -3.88.